The van der Waals surface area contributed by atoms with Gasteiger partial charge in [-0.05, 0) is 0 Å². The van der Waals surface area contributed by atoms with Gasteiger partial charge in [-0.2, -0.15) is 0 Å². The zero-order valence-electron chi connectivity index (χ0n) is 2.57. The molecule has 0 aromatic carbocycles. The highest BCUT2D eigenvalue weighted by Crippen LogP contribution is 2.16. The molecule has 0 amide bonds. The molecule has 1 fully saturated rings. The molecule has 1 saturated carbocycles. The van der Waals surface area contributed by atoms with Crippen LogP contribution < -0.4 is 0 Å². The summed E-state index contributed by atoms with van der Waals surface area (Å²) in [6.45, 7) is 0. The van der Waals surface area contributed by atoms with Crippen LogP contribution in [-0.4, -0.2) is 12.0 Å². The van der Waals surface area contributed by atoms with Gasteiger partial charge in [0, 0.05) is 6.42 Å². The van der Waals surface area contributed by atoms with Crippen LogP contribution in [0, 0.1) is 0 Å². The number of carbonyl (C=O) groups is 1. The standard InChI is InChI=1S/C3H3FO/c4-2-1-3(2)5/h2H,1H2. The zero-order valence-corrected chi connectivity index (χ0v) is 2.57. The number of halogens is 1. The third-order valence-electron chi connectivity index (χ3n) is 0.570. The van der Waals surface area contributed by atoms with E-state index in [9.17, 15) is 9.18 Å². The van der Waals surface area contributed by atoms with Crippen LogP contribution in [0.3, 0.4) is 0 Å². The highest BCUT2D eigenvalue weighted by molar-refractivity contribution is 5.98. The molecule has 1 rings (SSSR count). The maximum Gasteiger partial charge on any atom is 0.170 e. The summed E-state index contributed by atoms with van der Waals surface area (Å²) >= 11 is 0. The normalized spacial score (nSPS) is 34.6. The molecular weight excluding hydrogens is 71.0 g/mol. The average Bonchev–Trinajstić information content (AvgIpc) is 1.79. The predicted octanol–water partition coefficient (Wildman–Crippen LogP) is 0.297. The Hall–Kier alpha value is -0.400. The van der Waals surface area contributed by atoms with Gasteiger partial charge in [-0.3, -0.25) is 4.79 Å². The lowest BCUT2D eigenvalue weighted by atomic mass is 10.9. The molecule has 1 aliphatic rings. The summed E-state index contributed by atoms with van der Waals surface area (Å²) in [7, 11) is 0. The quantitative estimate of drug-likeness (QED) is 0.404. The van der Waals surface area contributed by atoms with Gasteiger partial charge in [0.2, 0.25) is 0 Å². The van der Waals surface area contributed by atoms with Crippen molar-refractivity contribution in [1.82, 2.24) is 0 Å². The second-order valence-corrected chi connectivity index (χ2v) is 1.14. The molecule has 28 valence electrons. The van der Waals surface area contributed by atoms with Gasteiger partial charge < -0.3 is 0 Å². The van der Waals surface area contributed by atoms with E-state index in [0.29, 0.717) is 0 Å². The van der Waals surface area contributed by atoms with Gasteiger partial charge >= 0.3 is 0 Å². The molecule has 0 bridgehead atoms. The van der Waals surface area contributed by atoms with Crippen LogP contribution in [0.15, 0.2) is 0 Å². The van der Waals surface area contributed by atoms with Gasteiger partial charge in [-0.25, -0.2) is 4.39 Å². The smallest absolute Gasteiger partial charge is 0.170 e. The van der Waals surface area contributed by atoms with Crippen molar-refractivity contribution in [2.45, 2.75) is 12.6 Å². The number of Topliss-reactive ketones (excluding diaryl/α,β-unsaturated/α-hetero) is 1. The molecule has 1 atom stereocenters. The van der Waals surface area contributed by atoms with E-state index in [1.165, 1.54) is 0 Å². The minimum Gasteiger partial charge on any atom is -0.296 e. The molecule has 5 heavy (non-hydrogen) atoms. The summed E-state index contributed by atoms with van der Waals surface area (Å²) in [5.74, 6) is -0.245. The van der Waals surface area contributed by atoms with Crippen LogP contribution in [0.5, 0.6) is 0 Å². The lowest BCUT2D eigenvalue weighted by Gasteiger charge is -1.49. The Bertz CT molecular complexity index is 69.3. The zero-order chi connectivity index (χ0) is 3.86. The first-order valence-electron chi connectivity index (χ1n) is 1.47. The van der Waals surface area contributed by atoms with E-state index in [-0.39, 0.29) is 12.2 Å². The fourth-order valence-corrected chi connectivity index (χ4v) is 0.118. The lowest BCUT2D eigenvalue weighted by Crippen LogP contribution is -1.65. The van der Waals surface area contributed by atoms with Crippen molar-refractivity contribution in [2.24, 2.45) is 0 Å². The third kappa shape index (κ3) is 0.294. The Morgan fingerprint density at radius 2 is 2.20 bits per heavy atom. The van der Waals surface area contributed by atoms with E-state index in [2.05, 4.69) is 0 Å². The highest BCUT2D eigenvalue weighted by Gasteiger charge is 2.34. The van der Waals surface area contributed by atoms with E-state index in [1.54, 1.807) is 0 Å². The number of alkyl halides is 1. The fourth-order valence-electron chi connectivity index (χ4n) is 0.118. The van der Waals surface area contributed by atoms with Crippen LogP contribution in [0.4, 0.5) is 4.39 Å². The van der Waals surface area contributed by atoms with Crippen LogP contribution in [0.2, 0.25) is 0 Å². The molecule has 0 aromatic rings. The average molecular weight is 74.1 g/mol. The molecular formula is C3H3FO. The molecule has 1 aliphatic carbocycles. The monoisotopic (exact) mass is 74.0 g/mol. The summed E-state index contributed by atoms with van der Waals surface area (Å²) in [5, 5.41) is 0. The predicted molar refractivity (Wildman–Crippen MR) is 14.5 cm³/mol. The lowest BCUT2D eigenvalue weighted by molar-refractivity contribution is -0.111. The van der Waals surface area contributed by atoms with Crippen molar-refractivity contribution in [3.63, 3.8) is 0 Å². The largest absolute Gasteiger partial charge is 0.296 e. The van der Waals surface area contributed by atoms with Gasteiger partial charge in [0.1, 0.15) is 0 Å². The van der Waals surface area contributed by atoms with Gasteiger partial charge in [-0.1, -0.05) is 0 Å². The number of hydrogen-bond acceptors (Lipinski definition) is 1. The molecule has 0 spiro atoms. The van der Waals surface area contributed by atoms with Crippen molar-refractivity contribution in [1.29, 1.82) is 0 Å². The molecule has 0 N–H and O–H groups in total. The molecule has 0 saturated heterocycles. The Morgan fingerprint density at radius 1 is 2.00 bits per heavy atom. The van der Waals surface area contributed by atoms with Crippen molar-refractivity contribution in [2.75, 3.05) is 0 Å². The van der Waals surface area contributed by atoms with Gasteiger partial charge in [0.05, 0.1) is 0 Å². The first-order chi connectivity index (χ1) is 2.30. The SMILES string of the molecule is O=C1CC1F. The summed E-state index contributed by atoms with van der Waals surface area (Å²) in [5.41, 5.74) is 0. The Labute approximate surface area is 28.8 Å². The molecule has 0 aliphatic heterocycles. The molecule has 0 aromatic heterocycles. The number of carbonyl (C=O) groups excluding carboxylic acids is 1. The van der Waals surface area contributed by atoms with E-state index >= 15 is 0 Å². The molecule has 1 unspecified atom stereocenters. The van der Waals surface area contributed by atoms with E-state index in [4.69, 9.17) is 0 Å². The van der Waals surface area contributed by atoms with Crippen LogP contribution in [-0.2, 0) is 4.79 Å². The first kappa shape index (κ1) is 2.82. The first-order valence-corrected chi connectivity index (χ1v) is 1.47. The highest BCUT2D eigenvalue weighted by atomic mass is 19.1. The minimum absolute atomic E-state index is 0.167. The van der Waals surface area contributed by atoms with Gasteiger partial charge in [0.15, 0.2) is 12.0 Å². The van der Waals surface area contributed by atoms with Crippen LogP contribution >= 0.6 is 0 Å². The minimum atomic E-state index is -1.09. The van der Waals surface area contributed by atoms with Crippen LogP contribution in [0.25, 0.3) is 0 Å². The van der Waals surface area contributed by atoms with E-state index < -0.39 is 6.17 Å². The Kier molecular flexibility index (Phi) is 0.315. The van der Waals surface area contributed by atoms with Crippen molar-refractivity contribution in [3.05, 3.63) is 0 Å². The molecule has 2 heteroatoms. The van der Waals surface area contributed by atoms with E-state index in [0.717, 1.165) is 0 Å². The van der Waals surface area contributed by atoms with Crippen molar-refractivity contribution in [3.8, 4) is 0 Å². The van der Waals surface area contributed by atoms with Crippen molar-refractivity contribution < 1.29 is 9.18 Å². The second-order valence-electron chi connectivity index (χ2n) is 1.14. The van der Waals surface area contributed by atoms with Gasteiger partial charge in [0.25, 0.3) is 0 Å². The Balaban J connectivity index is 2.47. The summed E-state index contributed by atoms with van der Waals surface area (Å²) in [6, 6.07) is 0. The summed E-state index contributed by atoms with van der Waals surface area (Å²) in [4.78, 5) is 9.51. The molecule has 0 heterocycles. The summed E-state index contributed by atoms with van der Waals surface area (Å²) < 4.78 is 11.2. The second kappa shape index (κ2) is 0.559. The van der Waals surface area contributed by atoms with E-state index in [1.807, 2.05) is 0 Å². The topological polar surface area (TPSA) is 17.1 Å². The summed E-state index contributed by atoms with van der Waals surface area (Å²) in [6.07, 6.45) is -0.921. The third-order valence-corrected chi connectivity index (χ3v) is 0.570. The van der Waals surface area contributed by atoms with Crippen LogP contribution in [0.1, 0.15) is 6.42 Å². The Morgan fingerprint density at radius 3 is 2.20 bits per heavy atom. The number of rotatable bonds is 0. The number of hydrogen-bond donors (Lipinski definition) is 0. The van der Waals surface area contributed by atoms with Crippen molar-refractivity contribution >= 4 is 5.78 Å². The molecule has 1 nitrogen and oxygen atoms in total. The number of ketones is 1. The van der Waals surface area contributed by atoms with Gasteiger partial charge in [-0.15, -0.1) is 0 Å². The molecule has 0 radical (unpaired) electrons. The maximum absolute atomic E-state index is 11.2. The maximum atomic E-state index is 11.2. The fraction of sp³-hybridized carbons (Fsp3) is 0.667.